The molecule has 2 aromatic rings. The second-order valence-corrected chi connectivity index (χ2v) is 5.63. The molecule has 1 atom stereocenters. The molecule has 0 bridgehead atoms. The van der Waals surface area contributed by atoms with Crippen LogP contribution in [-0.4, -0.2) is 22.0 Å². The zero-order valence-electron chi connectivity index (χ0n) is 11.4. The first-order chi connectivity index (χ1) is 10.1. The standard InChI is InChI=1S/C15H16N2O3S/c18-14(17-10-11-3-5-16-6-4-11)8-12(9-15(19)20)13-2-1-7-21-13/h1-7,12H,8-10H2,(H,17,18)(H,19,20). The number of carbonyl (C=O) groups excluding carboxylic acids is 1. The van der Waals surface area contributed by atoms with Gasteiger partial charge in [-0.3, -0.25) is 14.6 Å². The van der Waals surface area contributed by atoms with Crippen molar-refractivity contribution in [1.29, 1.82) is 0 Å². The molecule has 0 spiro atoms. The number of rotatable bonds is 7. The van der Waals surface area contributed by atoms with Crippen LogP contribution >= 0.6 is 11.3 Å². The van der Waals surface area contributed by atoms with E-state index in [2.05, 4.69) is 10.3 Å². The zero-order chi connectivity index (χ0) is 15.1. The lowest BCUT2D eigenvalue weighted by atomic mass is 9.99. The van der Waals surface area contributed by atoms with Crippen LogP contribution < -0.4 is 5.32 Å². The molecule has 0 saturated carbocycles. The highest BCUT2D eigenvalue weighted by molar-refractivity contribution is 7.10. The summed E-state index contributed by atoms with van der Waals surface area (Å²) in [5.74, 6) is -1.32. The molecule has 0 aliphatic rings. The molecule has 2 aromatic heterocycles. The van der Waals surface area contributed by atoms with Crippen LogP contribution in [-0.2, 0) is 16.1 Å². The minimum Gasteiger partial charge on any atom is -0.481 e. The summed E-state index contributed by atoms with van der Waals surface area (Å²) in [7, 11) is 0. The van der Waals surface area contributed by atoms with Crippen molar-refractivity contribution >= 4 is 23.2 Å². The molecule has 0 aliphatic carbocycles. The first-order valence-electron chi connectivity index (χ1n) is 6.56. The summed E-state index contributed by atoms with van der Waals surface area (Å²) in [6, 6.07) is 7.39. The van der Waals surface area contributed by atoms with Crippen molar-refractivity contribution in [3.05, 3.63) is 52.5 Å². The molecule has 0 radical (unpaired) electrons. The average molecular weight is 304 g/mol. The zero-order valence-corrected chi connectivity index (χ0v) is 12.2. The highest BCUT2D eigenvalue weighted by Crippen LogP contribution is 2.27. The van der Waals surface area contributed by atoms with Gasteiger partial charge in [0.25, 0.3) is 0 Å². The lowest BCUT2D eigenvalue weighted by Gasteiger charge is -2.13. The molecule has 0 aliphatic heterocycles. The van der Waals surface area contributed by atoms with Crippen molar-refractivity contribution < 1.29 is 14.7 Å². The number of hydrogen-bond donors (Lipinski definition) is 2. The van der Waals surface area contributed by atoms with Gasteiger partial charge in [0.2, 0.25) is 5.91 Å². The Balaban J connectivity index is 1.90. The first kappa shape index (κ1) is 15.2. The van der Waals surface area contributed by atoms with Gasteiger partial charge in [0.05, 0.1) is 6.42 Å². The number of nitrogens with one attached hydrogen (secondary N) is 1. The van der Waals surface area contributed by atoms with E-state index in [1.54, 1.807) is 12.4 Å². The third-order valence-electron chi connectivity index (χ3n) is 3.04. The lowest BCUT2D eigenvalue weighted by molar-refractivity contribution is -0.137. The van der Waals surface area contributed by atoms with Gasteiger partial charge in [-0.05, 0) is 29.1 Å². The van der Waals surface area contributed by atoms with Crippen LogP contribution in [0.3, 0.4) is 0 Å². The number of thiophene rings is 1. The number of hydrogen-bond acceptors (Lipinski definition) is 4. The van der Waals surface area contributed by atoms with E-state index < -0.39 is 5.97 Å². The third-order valence-corrected chi connectivity index (χ3v) is 4.07. The maximum Gasteiger partial charge on any atom is 0.304 e. The van der Waals surface area contributed by atoms with Gasteiger partial charge in [-0.25, -0.2) is 0 Å². The van der Waals surface area contributed by atoms with Gasteiger partial charge < -0.3 is 10.4 Å². The minimum absolute atomic E-state index is 0.0385. The van der Waals surface area contributed by atoms with E-state index in [0.29, 0.717) is 6.54 Å². The van der Waals surface area contributed by atoms with E-state index in [9.17, 15) is 9.59 Å². The molecule has 21 heavy (non-hydrogen) atoms. The highest BCUT2D eigenvalue weighted by Gasteiger charge is 2.20. The molecule has 110 valence electrons. The first-order valence-corrected chi connectivity index (χ1v) is 7.44. The van der Waals surface area contributed by atoms with Crippen LogP contribution in [0.25, 0.3) is 0 Å². The summed E-state index contributed by atoms with van der Waals surface area (Å²) >= 11 is 1.48. The Bertz CT molecular complexity index is 584. The SMILES string of the molecule is O=C(O)CC(CC(=O)NCc1ccncc1)c1cccs1. The van der Waals surface area contributed by atoms with Crippen LogP contribution in [0.2, 0.25) is 0 Å². The van der Waals surface area contributed by atoms with Crippen LogP contribution in [0.15, 0.2) is 42.0 Å². The van der Waals surface area contributed by atoms with Crippen molar-refractivity contribution in [2.24, 2.45) is 0 Å². The predicted molar refractivity (Wildman–Crippen MR) is 80.0 cm³/mol. The number of carboxylic acid groups (broad SMARTS) is 1. The molecule has 0 aromatic carbocycles. The number of carboxylic acids is 1. The maximum atomic E-state index is 12.0. The van der Waals surface area contributed by atoms with E-state index >= 15 is 0 Å². The maximum absolute atomic E-state index is 12.0. The second-order valence-electron chi connectivity index (χ2n) is 4.65. The predicted octanol–water partition coefficient (Wildman–Crippen LogP) is 2.41. The Kier molecular flexibility index (Phi) is 5.45. The molecule has 2 rings (SSSR count). The molecule has 1 amide bonds. The van der Waals surface area contributed by atoms with Crippen LogP contribution in [0.5, 0.6) is 0 Å². The molecular formula is C15H16N2O3S. The third kappa shape index (κ3) is 5.00. The molecule has 2 heterocycles. The van der Waals surface area contributed by atoms with E-state index in [4.69, 9.17) is 5.11 Å². The van der Waals surface area contributed by atoms with E-state index in [0.717, 1.165) is 10.4 Å². The molecule has 0 saturated heterocycles. The average Bonchev–Trinajstić information content (AvgIpc) is 2.99. The van der Waals surface area contributed by atoms with E-state index in [1.807, 2.05) is 29.6 Å². The normalized spacial score (nSPS) is 11.8. The Labute approximate surface area is 126 Å². The Morgan fingerprint density at radius 3 is 2.62 bits per heavy atom. The van der Waals surface area contributed by atoms with Gasteiger partial charge in [-0.1, -0.05) is 6.07 Å². The fourth-order valence-electron chi connectivity index (χ4n) is 2.00. The smallest absolute Gasteiger partial charge is 0.304 e. The van der Waals surface area contributed by atoms with Crippen LogP contribution in [0.4, 0.5) is 0 Å². The van der Waals surface area contributed by atoms with Crippen molar-refractivity contribution in [2.75, 3.05) is 0 Å². The Hall–Kier alpha value is -2.21. The quantitative estimate of drug-likeness (QED) is 0.823. The van der Waals surface area contributed by atoms with E-state index in [1.165, 1.54) is 11.3 Å². The molecule has 2 N–H and O–H groups in total. The highest BCUT2D eigenvalue weighted by atomic mass is 32.1. The monoisotopic (exact) mass is 304 g/mol. The van der Waals surface area contributed by atoms with Gasteiger partial charge in [-0.15, -0.1) is 11.3 Å². The molecule has 6 heteroatoms. The molecule has 0 fully saturated rings. The number of amides is 1. The summed E-state index contributed by atoms with van der Waals surface area (Å²) in [6.45, 7) is 0.422. The second kappa shape index (κ2) is 7.54. The summed E-state index contributed by atoms with van der Waals surface area (Å²) in [5.41, 5.74) is 0.962. The molecule has 5 nitrogen and oxygen atoms in total. The Morgan fingerprint density at radius 2 is 2.00 bits per heavy atom. The number of carbonyl (C=O) groups is 2. The fraction of sp³-hybridized carbons (Fsp3) is 0.267. The Morgan fingerprint density at radius 1 is 1.24 bits per heavy atom. The van der Waals surface area contributed by atoms with Crippen molar-refractivity contribution in [3.63, 3.8) is 0 Å². The van der Waals surface area contributed by atoms with E-state index in [-0.39, 0.29) is 24.7 Å². The van der Waals surface area contributed by atoms with Gasteiger partial charge in [0.15, 0.2) is 0 Å². The number of nitrogens with zero attached hydrogens (tertiary/aromatic N) is 1. The summed E-state index contributed by atoms with van der Waals surface area (Å²) in [6.07, 6.45) is 3.47. The largest absolute Gasteiger partial charge is 0.481 e. The minimum atomic E-state index is -0.893. The molecular weight excluding hydrogens is 288 g/mol. The number of aliphatic carboxylic acids is 1. The number of aromatic nitrogens is 1. The van der Waals surface area contributed by atoms with Crippen molar-refractivity contribution in [1.82, 2.24) is 10.3 Å². The summed E-state index contributed by atoms with van der Waals surface area (Å²) in [5, 5.41) is 13.7. The van der Waals surface area contributed by atoms with Crippen LogP contribution in [0, 0.1) is 0 Å². The summed E-state index contributed by atoms with van der Waals surface area (Å²) in [4.78, 5) is 27.8. The lowest BCUT2D eigenvalue weighted by Crippen LogP contribution is -2.25. The molecule has 1 unspecified atom stereocenters. The van der Waals surface area contributed by atoms with Crippen molar-refractivity contribution in [3.8, 4) is 0 Å². The van der Waals surface area contributed by atoms with Gasteiger partial charge >= 0.3 is 5.97 Å². The van der Waals surface area contributed by atoms with Gasteiger partial charge in [0.1, 0.15) is 0 Å². The summed E-state index contributed by atoms with van der Waals surface area (Å²) < 4.78 is 0. The fourth-order valence-corrected chi connectivity index (χ4v) is 2.84. The topological polar surface area (TPSA) is 79.3 Å². The van der Waals surface area contributed by atoms with Crippen molar-refractivity contribution in [2.45, 2.75) is 25.3 Å². The van der Waals surface area contributed by atoms with Gasteiger partial charge in [0, 0.05) is 36.2 Å². The van der Waals surface area contributed by atoms with Crippen LogP contribution in [0.1, 0.15) is 29.2 Å². The van der Waals surface area contributed by atoms with Gasteiger partial charge in [-0.2, -0.15) is 0 Å². The number of pyridine rings is 1.